The van der Waals surface area contributed by atoms with Crippen LogP contribution in [0.5, 0.6) is 0 Å². The van der Waals surface area contributed by atoms with Crippen LogP contribution >= 0.6 is 0 Å². The number of Topliss-reactive ketones (excluding diaryl/α,β-unsaturated/α-hetero) is 1. The molecule has 1 saturated heterocycles. The standard InChI is InChI=1S/C27H26F4N8O3/c1-14-10-37(13-27(29,30)31)36-25(14)34-26(42)22-7-19(28)11-38(22)23(41)12-39-21-5-4-17(18-8-32-16(3)33-9-18)6-20(21)24(35-39)15(2)40/h4-6,8-10,19,22H,7,11-13H2,1-3H3,(H,34,36,42)/t19-,22+/m1/s1. The maximum absolute atomic E-state index is 14.5. The number of fused-ring (bicyclic) bond motifs is 1. The first-order valence-corrected chi connectivity index (χ1v) is 12.9. The first-order valence-electron chi connectivity index (χ1n) is 12.9. The summed E-state index contributed by atoms with van der Waals surface area (Å²) in [5.74, 6) is -1.23. The largest absolute Gasteiger partial charge is 0.408 e. The van der Waals surface area contributed by atoms with Gasteiger partial charge in [0.1, 0.15) is 36.8 Å². The zero-order valence-corrected chi connectivity index (χ0v) is 22.8. The van der Waals surface area contributed by atoms with Crippen LogP contribution in [0.1, 0.15) is 35.2 Å². The van der Waals surface area contributed by atoms with Crippen LogP contribution < -0.4 is 5.32 Å². The van der Waals surface area contributed by atoms with Gasteiger partial charge in [-0.1, -0.05) is 6.07 Å². The molecule has 11 nitrogen and oxygen atoms in total. The van der Waals surface area contributed by atoms with Crippen molar-refractivity contribution < 1.29 is 31.9 Å². The molecule has 1 N–H and O–H groups in total. The Morgan fingerprint density at radius 1 is 1.07 bits per heavy atom. The van der Waals surface area contributed by atoms with Gasteiger partial charge in [-0.15, -0.1) is 0 Å². The van der Waals surface area contributed by atoms with Gasteiger partial charge in [-0.05, 0) is 31.5 Å². The van der Waals surface area contributed by atoms with E-state index < -0.39 is 36.7 Å². The highest BCUT2D eigenvalue weighted by atomic mass is 19.4. The monoisotopic (exact) mass is 586 g/mol. The summed E-state index contributed by atoms with van der Waals surface area (Å²) in [5.41, 5.74) is 2.35. The van der Waals surface area contributed by atoms with E-state index in [-0.39, 0.29) is 42.4 Å². The number of rotatable bonds is 7. The minimum Gasteiger partial charge on any atom is -0.326 e. The normalized spacial score (nSPS) is 17.2. The van der Waals surface area contributed by atoms with Crippen LogP contribution in [0.3, 0.4) is 0 Å². The fraction of sp³-hybridized carbons (Fsp3) is 0.370. The van der Waals surface area contributed by atoms with E-state index in [0.717, 1.165) is 22.2 Å². The fourth-order valence-corrected chi connectivity index (χ4v) is 4.92. The molecule has 220 valence electrons. The minimum absolute atomic E-state index is 0.113. The fourth-order valence-electron chi connectivity index (χ4n) is 4.92. The number of nitrogens with zero attached hydrogens (tertiary/aromatic N) is 7. The lowest BCUT2D eigenvalue weighted by Gasteiger charge is -2.23. The van der Waals surface area contributed by atoms with Crippen molar-refractivity contribution >= 4 is 34.3 Å². The number of carbonyl (C=O) groups excluding carboxylic acids is 3. The molecule has 0 spiro atoms. The summed E-state index contributed by atoms with van der Waals surface area (Å²) in [4.78, 5) is 48.3. The molecular weight excluding hydrogens is 560 g/mol. The number of ketones is 1. The molecule has 1 aliphatic heterocycles. The summed E-state index contributed by atoms with van der Waals surface area (Å²) in [7, 11) is 0. The van der Waals surface area contributed by atoms with E-state index in [0.29, 0.717) is 21.4 Å². The van der Waals surface area contributed by atoms with Crippen LogP contribution in [-0.2, 0) is 22.7 Å². The topological polar surface area (TPSA) is 128 Å². The highest BCUT2D eigenvalue weighted by Gasteiger charge is 2.40. The SMILES string of the molecule is CC(=O)c1nn(CC(=O)N2C[C@H](F)C[C@H]2C(=O)Nc2nn(CC(F)(F)F)cc2C)c2ccc(-c3cnc(C)nc3)cc12. The molecule has 2 atom stereocenters. The van der Waals surface area contributed by atoms with E-state index in [1.165, 1.54) is 18.5 Å². The summed E-state index contributed by atoms with van der Waals surface area (Å²) in [6.07, 6.45) is -1.86. The average Bonchev–Trinajstić information content (AvgIpc) is 3.58. The van der Waals surface area contributed by atoms with Crippen molar-refractivity contribution in [1.29, 1.82) is 0 Å². The summed E-state index contributed by atoms with van der Waals surface area (Å²) < 4.78 is 54.7. The van der Waals surface area contributed by atoms with Crippen molar-refractivity contribution in [3.8, 4) is 11.1 Å². The molecule has 1 fully saturated rings. The molecule has 0 bridgehead atoms. The Hall–Kier alpha value is -4.69. The van der Waals surface area contributed by atoms with Crippen molar-refractivity contribution in [2.24, 2.45) is 0 Å². The van der Waals surface area contributed by atoms with E-state index in [9.17, 15) is 31.9 Å². The van der Waals surface area contributed by atoms with Gasteiger partial charge in [0.2, 0.25) is 11.8 Å². The lowest BCUT2D eigenvalue weighted by Crippen LogP contribution is -2.44. The van der Waals surface area contributed by atoms with Gasteiger partial charge in [0, 0.05) is 48.4 Å². The van der Waals surface area contributed by atoms with Crippen molar-refractivity contribution in [1.82, 2.24) is 34.4 Å². The maximum Gasteiger partial charge on any atom is 0.408 e. The first-order chi connectivity index (χ1) is 19.8. The van der Waals surface area contributed by atoms with E-state index in [4.69, 9.17) is 0 Å². The van der Waals surface area contributed by atoms with E-state index >= 15 is 0 Å². The molecule has 3 aromatic heterocycles. The number of aryl methyl sites for hydroxylation is 2. The van der Waals surface area contributed by atoms with Gasteiger partial charge in [0.15, 0.2) is 11.6 Å². The van der Waals surface area contributed by atoms with Crippen molar-refractivity contribution in [2.45, 2.75) is 58.7 Å². The molecule has 15 heteroatoms. The molecule has 0 saturated carbocycles. The van der Waals surface area contributed by atoms with Crippen LogP contribution in [0.2, 0.25) is 0 Å². The Kier molecular flexibility index (Phi) is 7.51. The second kappa shape index (κ2) is 10.9. The van der Waals surface area contributed by atoms with Crippen molar-refractivity contribution in [3.63, 3.8) is 0 Å². The van der Waals surface area contributed by atoms with E-state index in [1.54, 1.807) is 37.5 Å². The number of aromatic nitrogens is 6. The number of anilines is 1. The van der Waals surface area contributed by atoms with Gasteiger partial charge in [-0.2, -0.15) is 23.4 Å². The smallest absolute Gasteiger partial charge is 0.326 e. The van der Waals surface area contributed by atoms with Crippen LogP contribution in [-0.4, -0.2) is 77.0 Å². The Balaban J connectivity index is 1.37. The lowest BCUT2D eigenvalue weighted by atomic mass is 10.0. The third-order valence-corrected chi connectivity index (χ3v) is 6.88. The molecule has 1 aliphatic rings. The summed E-state index contributed by atoms with van der Waals surface area (Å²) >= 11 is 0. The molecule has 1 aromatic carbocycles. The molecule has 42 heavy (non-hydrogen) atoms. The Morgan fingerprint density at radius 2 is 1.79 bits per heavy atom. The zero-order chi connectivity index (χ0) is 30.3. The Labute approximate surface area is 236 Å². The minimum atomic E-state index is -4.51. The molecule has 5 rings (SSSR count). The summed E-state index contributed by atoms with van der Waals surface area (Å²) in [6, 6.07) is 4.00. The highest BCUT2D eigenvalue weighted by Crippen LogP contribution is 2.28. The molecule has 4 aromatic rings. The second-order valence-corrected chi connectivity index (χ2v) is 10.2. The molecule has 2 amide bonds. The molecule has 0 unspecified atom stereocenters. The number of hydrogen-bond donors (Lipinski definition) is 1. The van der Waals surface area contributed by atoms with Crippen molar-refractivity contribution in [3.05, 3.63) is 53.9 Å². The van der Waals surface area contributed by atoms with Crippen LogP contribution in [0.15, 0.2) is 36.8 Å². The molecule has 0 radical (unpaired) electrons. The van der Waals surface area contributed by atoms with Gasteiger partial charge < -0.3 is 10.2 Å². The number of benzene rings is 1. The van der Waals surface area contributed by atoms with Gasteiger partial charge in [0.05, 0.1) is 12.1 Å². The third-order valence-electron chi connectivity index (χ3n) is 6.88. The van der Waals surface area contributed by atoms with E-state index in [1.807, 2.05) is 0 Å². The quantitative estimate of drug-likeness (QED) is 0.259. The predicted molar refractivity (Wildman–Crippen MR) is 142 cm³/mol. The van der Waals surface area contributed by atoms with Crippen LogP contribution in [0, 0.1) is 13.8 Å². The van der Waals surface area contributed by atoms with Gasteiger partial charge in [-0.25, -0.2) is 14.4 Å². The Bertz CT molecular complexity index is 1680. The third kappa shape index (κ3) is 5.99. The Morgan fingerprint density at radius 3 is 2.45 bits per heavy atom. The van der Waals surface area contributed by atoms with E-state index in [2.05, 4.69) is 25.5 Å². The van der Waals surface area contributed by atoms with Crippen LogP contribution in [0.4, 0.5) is 23.4 Å². The number of halogens is 4. The first kappa shape index (κ1) is 28.8. The maximum atomic E-state index is 14.5. The summed E-state index contributed by atoms with van der Waals surface area (Å²) in [5, 5.41) is 11.0. The van der Waals surface area contributed by atoms with Gasteiger partial charge >= 0.3 is 6.18 Å². The van der Waals surface area contributed by atoms with Gasteiger partial charge in [0.25, 0.3) is 0 Å². The lowest BCUT2D eigenvalue weighted by molar-refractivity contribution is -0.142. The van der Waals surface area contributed by atoms with Crippen LogP contribution in [0.25, 0.3) is 22.0 Å². The number of amides is 2. The highest BCUT2D eigenvalue weighted by molar-refractivity contribution is 6.06. The predicted octanol–water partition coefficient (Wildman–Crippen LogP) is 3.65. The van der Waals surface area contributed by atoms with Gasteiger partial charge in [-0.3, -0.25) is 23.7 Å². The zero-order valence-electron chi connectivity index (χ0n) is 22.8. The number of nitrogens with one attached hydrogen (secondary N) is 1. The number of alkyl halides is 4. The average molecular weight is 587 g/mol. The molecular formula is C27H26F4N8O3. The summed E-state index contributed by atoms with van der Waals surface area (Å²) in [6.45, 7) is 2.50. The number of carbonyl (C=O) groups is 3. The van der Waals surface area contributed by atoms with Crippen molar-refractivity contribution in [2.75, 3.05) is 11.9 Å². The molecule has 4 heterocycles. The number of hydrogen-bond acceptors (Lipinski definition) is 7. The molecule has 0 aliphatic carbocycles. The second-order valence-electron chi connectivity index (χ2n) is 10.2. The number of likely N-dealkylation sites (tertiary alicyclic amines) is 1.